The topological polar surface area (TPSA) is 66.4 Å². The average Bonchev–Trinajstić information content (AvgIpc) is 2.52. The van der Waals surface area contributed by atoms with Gasteiger partial charge in [-0.3, -0.25) is 0 Å². The van der Waals surface area contributed by atoms with Crippen LogP contribution in [0.25, 0.3) is 0 Å². The fourth-order valence-corrected chi connectivity index (χ4v) is 4.05. The second-order valence-electron chi connectivity index (χ2n) is 5.64. The molecule has 4 atom stereocenters. The van der Waals surface area contributed by atoms with Crippen molar-refractivity contribution in [2.45, 2.75) is 62.5 Å². The fraction of sp³-hybridized carbons (Fsp3) is 0.625. The van der Waals surface area contributed by atoms with Gasteiger partial charge in [0.1, 0.15) is 0 Å². The van der Waals surface area contributed by atoms with Crippen LogP contribution in [0.2, 0.25) is 0 Å². The summed E-state index contributed by atoms with van der Waals surface area (Å²) < 4.78 is 27.6. The zero-order valence-electron chi connectivity index (χ0n) is 13.4. The first-order valence-electron chi connectivity index (χ1n) is 7.73. The molecule has 1 unspecified atom stereocenters. The summed E-state index contributed by atoms with van der Waals surface area (Å²) in [5.41, 5.74) is 0. The van der Waals surface area contributed by atoms with Crippen LogP contribution < -0.4 is 4.72 Å². The van der Waals surface area contributed by atoms with Gasteiger partial charge >= 0.3 is 0 Å². The molecule has 1 rings (SSSR count). The van der Waals surface area contributed by atoms with E-state index in [1.807, 2.05) is 20.8 Å². The number of aliphatic hydroxyl groups excluding tert-OH is 1. The van der Waals surface area contributed by atoms with Gasteiger partial charge in [-0.2, -0.15) is 0 Å². The first kappa shape index (κ1) is 19.4. The summed E-state index contributed by atoms with van der Waals surface area (Å²) in [6.07, 6.45) is 1.30. The minimum atomic E-state index is -3.68. The lowest BCUT2D eigenvalue weighted by Gasteiger charge is -2.31. The van der Waals surface area contributed by atoms with Crippen LogP contribution in [0, 0.1) is 5.92 Å². The zero-order valence-corrected chi connectivity index (χ0v) is 14.9. The standard InChI is InChI=1S/C16H26ClNO3S/c1-4-9-14(17)16(19)15(12(3)5-2)18-22(20,21)13-10-7-6-8-11-13/h6-8,10-12,14-16,18-19H,4-5,9H2,1-3H3/t12-,14?,15-,16+/m0/s1. The van der Waals surface area contributed by atoms with Crippen LogP contribution in [-0.2, 0) is 10.0 Å². The maximum Gasteiger partial charge on any atom is 0.240 e. The predicted molar refractivity (Wildman–Crippen MR) is 90.6 cm³/mol. The molecule has 0 heterocycles. The van der Waals surface area contributed by atoms with Crippen molar-refractivity contribution in [2.24, 2.45) is 5.92 Å². The first-order valence-corrected chi connectivity index (χ1v) is 9.65. The van der Waals surface area contributed by atoms with Crippen molar-refractivity contribution in [3.05, 3.63) is 30.3 Å². The minimum absolute atomic E-state index is 0.0217. The second kappa shape index (κ2) is 8.87. The molecule has 0 aliphatic heterocycles. The number of nitrogens with one attached hydrogen (secondary N) is 1. The van der Waals surface area contributed by atoms with E-state index in [0.717, 1.165) is 12.8 Å². The van der Waals surface area contributed by atoms with Gasteiger partial charge in [-0.15, -0.1) is 11.6 Å². The molecule has 0 fully saturated rings. The molecular formula is C16H26ClNO3S. The Morgan fingerprint density at radius 1 is 1.23 bits per heavy atom. The number of alkyl halides is 1. The van der Waals surface area contributed by atoms with Gasteiger partial charge in [-0.25, -0.2) is 13.1 Å². The summed E-state index contributed by atoms with van der Waals surface area (Å²) in [6, 6.07) is 7.56. The molecule has 4 nitrogen and oxygen atoms in total. The minimum Gasteiger partial charge on any atom is -0.390 e. The SMILES string of the molecule is CCCC(Cl)[C@@H](O)[C@@H](NS(=O)(=O)c1ccccc1)[C@@H](C)CC. The smallest absolute Gasteiger partial charge is 0.240 e. The highest BCUT2D eigenvalue weighted by molar-refractivity contribution is 7.89. The third-order valence-electron chi connectivity index (χ3n) is 3.90. The molecule has 126 valence electrons. The quantitative estimate of drug-likeness (QED) is 0.674. The van der Waals surface area contributed by atoms with Crippen LogP contribution >= 0.6 is 11.6 Å². The molecule has 1 aromatic carbocycles. The molecule has 0 aliphatic carbocycles. The third kappa shape index (κ3) is 5.23. The van der Waals surface area contributed by atoms with Crippen molar-refractivity contribution in [3.8, 4) is 0 Å². The number of aliphatic hydroxyl groups is 1. The molecule has 0 bridgehead atoms. The Hall–Kier alpha value is -0.620. The lowest BCUT2D eigenvalue weighted by atomic mass is 9.92. The third-order valence-corrected chi connectivity index (χ3v) is 5.86. The van der Waals surface area contributed by atoms with Gasteiger partial charge in [-0.1, -0.05) is 51.8 Å². The molecule has 6 heteroatoms. The molecule has 2 N–H and O–H groups in total. The van der Waals surface area contributed by atoms with E-state index in [0.29, 0.717) is 6.42 Å². The van der Waals surface area contributed by atoms with Gasteiger partial charge in [-0.05, 0) is 24.5 Å². The maximum absolute atomic E-state index is 12.5. The van der Waals surface area contributed by atoms with Crippen molar-refractivity contribution < 1.29 is 13.5 Å². The van der Waals surface area contributed by atoms with Gasteiger partial charge in [0.15, 0.2) is 0 Å². The number of benzene rings is 1. The van der Waals surface area contributed by atoms with Crippen molar-refractivity contribution in [1.29, 1.82) is 0 Å². The van der Waals surface area contributed by atoms with E-state index in [9.17, 15) is 13.5 Å². The molecule has 0 saturated heterocycles. The van der Waals surface area contributed by atoms with Crippen LogP contribution in [0.15, 0.2) is 35.2 Å². The first-order chi connectivity index (χ1) is 10.3. The van der Waals surface area contributed by atoms with Gasteiger partial charge in [0.05, 0.1) is 22.4 Å². The highest BCUT2D eigenvalue weighted by atomic mass is 35.5. The molecule has 0 radical (unpaired) electrons. The molecule has 22 heavy (non-hydrogen) atoms. The van der Waals surface area contributed by atoms with E-state index in [-0.39, 0.29) is 10.8 Å². The lowest BCUT2D eigenvalue weighted by Crippen LogP contribution is -2.50. The Bertz CT molecular complexity index is 536. The van der Waals surface area contributed by atoms with Crippen molar-refractivity contribution in [3.63, 3.8) is 0 Å². The van der Waals surface area contributed by atoms with Crippen molar-refractivity contribution >= 4 is 21.6 Å². The van der Waals surface area contributed by atoms with Gasteiger partial charge in [0.2, 0.25) is 10.0 Å². The lowest BCUT2D eigenvalue weighted by molar-refractivity contribution is 0.104. The van der Waals surface area contributed by atoms with Crippen LogP contribution in [0.1, 0.15) is 40.0 Å². The van der Waals surface area contributed by atoms with Gasteiger partial charge in [0, 0.05) is 0 Å². The van der Waals surface area contributed by atoms with E-state index < -0.39 is 27.5 Å². The Morgan fingerprint density at radius 3 is 2.32 bits per heavy atom. The Morgan fingerprint density at radius 2 is 1.82 bits per heavy atom. The summed E-state index contributed by atoms with van der Waals surface area (Å²) in [5.74, 6) is -0.0217. The number of hydrogen-bond donors (Lipinski definition) is 2. The van der Waals surface area contributed by atoms with Crippen molar-refractivity contribution in [1.82, 2.24) is 4.72 Å². The molecule has 0 aliphatic rings. The highest BCUT2D eigenvalue weighted by Crippen LogP contribution is 2.22. The highest BCUT2D eigenvalue weighted by Gasteiger charge is 2.33. The molecule has 0 spiro atoms. The Labute approximate surface area is 138 Å². The van der Waals surface area contributed by atoms with Crippen LogP contribution in [0.5, 0.6) is 0 Å². The summed E-state index contributed by atoms with van der Waals surface area (Å²) in [6.45, 7) is 5.86. The van der Waals surface area contributed by atoms with Crippen LogP contribution in [0.3, 0.4) is 0 Å². The molecule has 0 saturated carbocycles. The number of sulfonamides is 1. The summed E-state index contributed by atoms with van der Waals surface area (Å²) in [4.78, 5) is 0.192. The fourth-order valence-electron chi connectivity index (χ4n) is 2.29. The zero-order chi connectivity index (χ0) is 16.8. The summed E-state index contributed by atoms with van der Waals surface area (Å²) >= 11 is 6.22. The van der Waals surface area contributed by atoms with E-state index >= 15 is 0 Å². The largest absolute Gasteiger partial charge is 0.390 e. The number of hydrogen-bond acceptors (Lipinski definition) is 3. The number of rotatable bonds is 9. The van der Waals surface area contributed by atoms with E-state index in [2.05, 4.69) is 4.72 Å². The monoisotopic (exact) mass is 347 g/mol. The van der Waals surface area contributed by atoms with Crippen LogP contribution in [-0.4, -0.2) is 31.0 Å². The molecule has 0 aromatic heterocycles. The predicted octanol–water partition coefficient (Wildman–Crippen LogP) is 3.15. The summed E-state index contributed by atoms with van der Waals surface area (Å²) in [7, 11) is -3.68. The maximum atomic E-state index is 12.5. The van der Waals surface area contributed by atoms with Crippen molar-refractivity contribution in [2.75, 3.05) is 0 Å². The summed E-state index contributed by atoms with van der Waals surface area (Å²) in [5, 5.41) is 9.99. The molecule has 0 amide bonds. The molecular weight excluding hydrogens is 322 g/mol. The Kier molecular flexibility index (Phi) is 7.83. The van der Waals surface area contributed by atoms with E-state index in [4.69, 9.17) is 11.6 Å². The second-order valence-corrected chi connectivity index (χ2v) is 7.92. The average molecular weight is 348 g/mol. The molecule has 1 aromatic rings. The van der Waals surface area contributed by atoms with Gasteiger partial charge < -0.3 is 5.11 Å². The Balaban J connectivity index is 2.99. The van der Waals surface area contributed by atoms with Crippen LogP contribution in [0.4, 0.5) is 0 Å². The van der Waals surface area contributed by atoms with E-state index in [1.54, 1.807) is 18.2 Å². The normalized spacial score (nSPS) is 17.7. The number of halogens is 1. The van der Waals surface area contributed by atoms with Gasteiger partial charge in [0.25, 0.3) is 0 Å². The van der Waals surface area contributed by atoms with E-state index in [1.165, 1.54) is 12.1 Å².